The van der Waals surface area contributed by atoms with Gasteiger partial charge in [0.1, 0.15) is 17.5 Å². The fourth-order valence-electron chi connectivity index (χ4n) is 4.15. The van der Waals surface area contributed by atoms with E-state index in [2.05, 4.69) is 5.32 Å². The van der Waals surface area contributed by atoms with E-state index in [0.29, 0.717) is 25.7 Å². The van der Waals surface area contributed by atoms with Crippen LogP contribution in [-0.4, -0.2) is 69.8 Å². The maximum Gasteiger partial charge on any atom is 0.237 e. The Hall–Kier alpha value is -1.75. The van der Waals surface area contributed by atoms with Gasteiger partial charge >= 0.3 is 0 Å². The van der Waals surface area contributed by atoms with Gasteiger partial charge in [-0.25, -0.2) is 0 Å². The van der Waals surface area contributed by atoms with Crippen LogP contribution in [0.1, 0.15) is 24.8 Å². The van der Waals surface area contributed by atoms with E-state index >= 15 is 0 Å². The molecule has 1 aliphatic heterocycles. The van der Waals surface area contributed by atoms with Crippen molar-refractivity contribution in [3.63, 3.8) is 0 Å². The number of ether oxygens (including phenoxy) is 1. The van der Waals surface area contributed by atoms with Gasteiger partial charge in [0, 0.05) is 18.6 Å². The standard InChI is InChI=1S/C19H30N4O5/c20-13-8-15(22)19(17(26)16(13)25)6-5-12(28-19)9-23-18(27)14(21)7-10-1-3-11(24)4-2-10/h1-4,12-17,24-26H,5-9,20-22H2,(H,23,27)/t12-,13+,14-,15-,16-,17+,19-/m0/s1. The van der Waals surface area contributed by atoms with E-state index in [4.69, 9.17) is 21.9 Å². The van der Waals surface area contributed by atoms with E-state index < -0.39 is 35.9 Å². The van der Waals surface area contributed by atoms with Crippen LogP contribution in [-0.2, 0) is 16.0 Å². The lowest BCUT2D eigenvalue weighted by Crippen LogP contribution is -2.68. The highest BCUT2D eigenvalue weighted by molar-refractivity contribution is 5.81. The molecule has 0 radical (unpaired) electrons. The number of carbonyl (C=O) groups is 1. The Morgan fingerprint density at radius 1 is 1.29 bits per heavy atom. The Labute approximate surface area is 163 Å². The van der Waals surface area contributed by atoms with Crippen LogP contribution in [0.25, 0.3) is 0 Å². The van der Waals surface area contributed by atoms with Crippen molar-refractivity contribution in [2.24, 2.45) is 17.2 Å². The number of rotatable bonds is 5. The highest BCUT2D eigenvalue weighted by Gasteiger charge is 2.56. The fraction of sp³-hybridized carbons (Fsp3) is 0.632. The topological polar surface area (TPSA) is 177 Å². The quantitative estimate of drug-likeness (QED) is 0.302. The lowest BCUT2D eigenvalue weighted by molar-refractivity contribution is -0.185. The van der Waals surface area contributed by atoms with Crippen molar-refractivity contribution in [3.8, 4) is 5.75 Å². The van der Waals surface area contributed by atoms with E-state index in [1.54, 1.807) is 24.3 Å². The van der Waals surface area contributed by atoms with Crippen molar-refractivity contribution < 1.29 is 24.9 Å². The first-order valence-corrected chi connectivity index (χ1v) is 9.59. The van der Waals surface area contributed by atoms with Crippen LogP contribution in [0.3, 0.4) is 0 Å². The Morgan fingerprint density at radius 3 is 2.64 bits per heavy atom. The molecule has 0 bridgehead atoms. The summed E-state index contributed by atoms with van der Waals surface area (Å²) in [5.41, 5.74) is 17.8. The number of nitrogens with two attached hydrogens (primary N) is 3. The summed E-state index contributed by atoms with van der Waals surface area (Å²) in [6, 6.07) is 4.72. The van der Waals surface area contributed by atoms with Gasteiger partial charge in [-0.1, -0.05) is 12.1 Å². The Bertz CT molecular complexity index is 687. The molecule has 1 heterocycles. The summed E-state index contributed by atoms with van der Waals surface area (Å²) in [5, 5.41) is 32.7. The zero-order valence-electron chi connectivity index (χ0n) is 15.7. The molecule has 2 aliphatic rings. The maximum atomic E-state index is 12.3. The summed E-state index contributed by atoms with van der Waals surface area (Å²) in [5.74, 6) is -0.156. The van der Waals surface area contributed by atoms with Crippen LogP contribution in [0, 0.1) is 0 Å². The molecule has 0 unspecified atom stereocenters. The number of hydrogen-bond acceptors (Lipinski definition) is 8. The lowest BCUT2D eigenvalue weighted by Gasteiger charge is -2.47. The summed E-state index contributed by atoms with van der Waals surface area (Å²) >= 11 is 0. The minimum atomic E-state index is -1.16. The number of phenols is 1. The van der Waals surface area contributed by atoms with Crippen molar-refractivity contribution in [2.45, 2.75) is 67.7 Å². The highest BCUT2D eigenvalue weighted by atomic mass is 16.5. The van der Waals surface area contributed by atoms with Crippen molar-refractivity contribution >= 4 is 5.91 Å². The van der Waals surface area contributed by atoms with Gasteiger partial charge in [-0.3, -0.25) is 4.79 Å². The molecule has 0 aromatic heterocycles. The Morgan fingerprint density at radius 2 is 1.96 bits per heavy atom. The first-order valence-electron chi connectivity index (χ1n) is 9.59. The molecule has 156 valence electrons. The molecular weight excluding hydrogens is 364 g/mol. The minimum Gasteiger partial charge on any atom is -0.508 e. The molecule has 1 spiro atoms. The predicted molar refractivity (Wildman–Crippen MR) is 102 cm³/mol. The summed E-state index contributed by atoms with van der Waals surface area (Å²) < 4.78 is 6.02. The molecule has 10 N–H and O–H groups in total. The molecule has 9 heteroatoms. The molecule has 28 heavy (non-hydrogen) atoms. The molecule has 1 aliphatic carbocycles. The fourth-order valence-corrected chi connectivity index (χ4v) is 4.15. The van der Waals surface area contributed by atoms with Crippen molar-refractivity contribution in [1.82, 2.24) is 5.32 Å². The molecule has 1 saturated carbocycles. The summed E-state index contributed by atoms with van der Waals surface area (Å²) in [6.45, 7) is 0.242. The van der Waals surface area contributed by atoms with Crippen LogP contribution in [0.5, 0.6) is 5.75 Å². The number of benzene rings is 1. The highest BCUT2D eigenvalue weighted by Crippen LogP contribution is 2.41. The SMILES string of the molecule is N[C@@H]1C[C@H](N)[C@@]2(CC[C@@H](CNC(=O)[C@@H](N)Cc3ccc(O)cc3)O2)[C@H](O)[C@H]1O. The van der Waals surface area contributed by atoms with Crippen molar-refractivity contribution in [2.75, 3.05) is 6.54 Å². The van der Waals surface area contributed by atoms with Crippen LogP contribution in [0.2, 0.25) is 0 Å². The number of phenolic OH excluding ortho intramolecular Hbond substituents is 1. The molecular formula is C19H30N4O5. The third-order valence-electron chi connectivity index (χ3n) is 5.89. The third-order valence-corrected chi connectivity index (χ3v) is 5.89. The molecule has 3 rings (SSSR count). The second kappa shape index (κ2) is 8.32. The van der Waals surface area contributed by atoms with Gasteiger partial charge in [-0.2, -0.15) is 0 Å². The normalized spacial score (nSPS) is 36.4. The molecule has 1 aromatic rings. The summed E-state index contributed by atoms with van der Waals surface area (Å²) in [7, 11) is 0. The van der Waals surface area contributed by atoms with Gasteiger partial charge in [-0.05, 0) is 43.4 Å². The van der Waals surface area contributed by atoms with E-state index in [0.717, 1.165) is 5.56 Å². The number of aliphatic hydroxyl groups is 2. The number of nitrogens with one attached hydrogen (secondary N) is 1. The molecule has 9 nitrogen and oxygen atoms in total. The summed E-state index contributed by atoms with van der Waals surface area (Å²) in [4.78, 5) is 12.3. The zero-order chi connectivity index (χ0) is 20.5. The predicted octanol–water partition coefficient (Wildman–Crippen LogP) is -1.92. The first-order chi connectivity index (χ1) is 13.2. The Balaban J connectivity index is 1.51. The third kappa shape index (κ3) is 4.14. The molecule has 1 amide bonds. The van der Waals surface area contributed by atoms with E-state index in [1.807, 2.05) is 0 Å². The van der Waals surface area contributed by atoms with Gasteiger partial charge in [0.05, 0.1) is 18.2 Å². The first kappa shape index (κ1) is 21.0. The van der Waals surface area contributed by atoms with E-state index in [-0.39, 0.29) is 24.3 Å². The monoisotopic (exact) mass is 394 g/mol. The maximum absolute atomic E-state index is 12.3. The number of carbonyl (C=O) groups excluding carboxylic acids is 1. The van der Waals surface area contributed by atoms with E-state index in [1.165, 1.54) is 0 Å². The molecule has 7 atom stereocenters. The minimum absolute atomic E-state index is 0.156. The number of aromatic hydroxyl groups is 1. The number of hydrogen-bond donors (Lipinski definition) is 7. The lowest BCUT2D eigenvalue weighted by atomic mass is 9.73. The van der Waals surface area contributed by atoms with Gasteiger partial charge in [0.25, 0.3) is 0 Å². The van der Waals surface area contributed by atoms with E-state index in [9.17, 15) is 20.1 Å². The van der Waals surface area contributed by atoms with Crippen molar-refractivity contribution in [1.29, 1.82) is 0 Å². The van der Waals surface area contributed by atoms with Crippen LogP contribution in [0.15, 0.2) is 24.3 Å². The van der Waals surface area contributed by atoms with Gasteiger partial charge in [0.15, 0.2) is 0 Å². The molecule has 1 saturated heterocycles. The second-order valence-electron chi connectivity index (χ2n) is 7.90. The average Bonchev–Trinajstić information content (AvgIpc) is 3.10. The summed E-state index contributed by atoms with van der Waals surface area (Å²) in [6.07, 6.45) is -0.800. The van der Waals surface area contributed by atoms with Crippen LogP contribution < -0.4 is 22.5 Å². The van der Waals surface area contributed by atoms with Gasteiger partial charge in [-0.15, -0.1) is 0 Å². The second-order valence-corrected chi connectivity index (χ2v) is 7.90. The molecule has 1 aromatic carbocycles. The molecule has 2 fully saturated rings. The number of aliphatic hydroxyl groups excluding tert-OH is 2. The number of amides is 1. The zero-order valence-corrected chi connectivity index (χ0v) is 15.7. The smallest absolute Gasteiger partial charge is 0.237 e. The largest absolute Gasteiger partial charge is 0.508 e. The van der Waals surface area contributed by atoms with Crippen LogP contribution in [0.4, 0.5) is 0 Å². The van der Waals surface area contributed by atoms with Crippen LogP contribution >= 0.6 is 0 Å². The Kier molecular flexibility index (Phi) is 6.23. The van der Waals surface area contributed by atoms with Gasteiger partial charge in [0.2, 0.25) is 5.91 Å². The van der Waals surface area contributed by atoms with Crippen molar-refractivity contribution in [3.05, 3.63) is 29.8 Å². The average molecular weight is 394 g/mol. The van der Waals surface area contributed by atoms with Gasteiger partial charge < -0.3 is 42.6 Å².